The van der Waals surface area contributed by atoms with Gasteiger partial charge in [-0.3, -0.25) is 4.90 Å². The molecule has 0 aromatic heterocycles. The summed E-state index contributed by atoms with van der Waals surface area (Å²) in [6.45, 7) is 5.91. The second kappa shape index (κ2) is 6.72. The van der Waals surface area contributed by atoms with Crippen LogP contribution in [0.2, 0.25) is 0 Å². The number of likely N-dealkylation sites (tertiary alicyclic amines) is 1. The quantitative estimate of drug-likeness (QED) is 0.795. The van der Waals surface area contributed by atoms with Crippen LogP contribution in [0, 0.1) is 0 Å². The molecule has 1 unspecified atom stereocenters. The van der Waals surface area contributed by atoms with Crippen molar-refractivity contribution in [3.63, 3.8) is 0 Å². The van der Waals surface area contributed by atoms with Gasteiger partial charge in [0.1, 0.15) is 0 Å². The van der Waals surface area contributed by atoms with Crippen molar-refractivity contribution in [3.05, 3.63) is 0 Å². The molecule has 0 aromatic carbocycles. The molecule has 1 heterocycles. The largest absolute Gasteiger partial charge is 0.381 e. The maximum atomic E-state index is 5.42. The van der Waals surface area contributed by atoms with Crippen LogP contribution < -0.4 is 5.32 Å². The van der Waals surface area contributed by atoms with Crippen molar-refractivity contribution >= 4 is 0 Å². The highest BCUT2D eigenvalue weighted by Gasteiger charge is 2.23. The van der Waals surface area contributed by atoms with Gasteiger partial charge < -0.3 is 10.1 Å². The van der Waals surface area contributed by atoms with E-state index in [1.165, 1.54) is 51.6 Å². The highest BCUT2D eigenvalue weighted by atomic mass is 16.5. The van der Waals surface area contributed by atoms with Gasteiger partial charge in [0.05, 0.1) is 6.10 Å². The van der Waals surface area contributed by atoms with Crippen molar-refractivity contribution in [3.8, 4) is 0 Å². The molecule has 2 fully saturated rings. The fourth-order valence-electron chi connectivity index (χ4n) is 3.15. The third kappa shape index (κ3) is 3.94. The molecule has 1 aliphatic heterocycles. The molecule has 0 amide bonds. The molecular formula is C14H28N2O. The molecule has 0 radical (unpaired) electrons. The Bertz CT molecular complexity index is 208. The van der Waals surface area contributed by atoms with E-state index in [0.717, 1.165) is 12.6 Å². The zero-order valence-electron chi connectivity index (χ0n) is 11.5. The molecule has 1 aliphatic carbocycles. The number of nitrogens with one attached hydrogen (secondary N) is 1. The summed E-state index contributed by atoms with van der Waals surface area (Å²) < 4.78 is 5.42. The third-order valence-corrected chi connectivity index (χ3v) is 4.49. The van der Waals surface area contributed by atoms with E-state index in [0.29, 0.717) is 12.1 Å². The number of hydrogen-bond acceptors (Lipinski definition) is 3. The Morgan fingerprint density at radius 1 is 1.18 bits per heavy atom. The van der Waals surface area contributed by atoms with Crippen LogP contribution in [0.3, 0.4) is 0 Å². The van der Waals surface area contributed by atoms with E-state index in [9.17, 15) is 0 Å². The molecule has 0 bridgehead atoms. The molecule has 2 aliphatic rings. The maximum absolute atomic E-state index is 5.42. The van der Waals surface area contributed by atoms with Crippen LogP contribution in [0.4, 0.5) is 0 Å². The SMILES string of the molecule is COC1CCN(C(C)CNC2CCCC2)CC1. The van der Waals surface area contributed by atoms with Gasteiger partial charge in [-0.15, -0.1) is 0 Å². The van der Waals surface area contributed by atoms with Gasteiger partial charge in [-0.1, -0.05) is 12.8 Å². The first-order valence-electron chi connectivity index (χ1n) is 7.30. The number of hydrogen-bond donors (Lipinski definition) is 1. The lowest BCUT2D eigenvalue weighted by Crippen LogP contribution is -2.47. The number of piperidine rings is 1. The summed E-state index contributed by atoms with van der Waals surface area (Å²) in [5.74, 6) is 0. The minimum absolute atomic E-state index is 0.501. The van der Waals surface area contributed by atoms with Gasteiger partial charge in [0, 0.05) is 38.8 Å². The van der Waals surface area contributed by atoms with E-state index < -0.39 is 0 Å². The van der Waals surface area contributed by atoms with E-state index >= 15 is 0 Å². The maximum Gasteiger partial charge on any atom is 0.0595 e. The van der Waals surface area contributed by atoms with Crippen molar-refractivity contribution in [2.24, 2.45) is 0 Å². The summed E-state index contributed by atoms with van der Waals surface area (Å²) in [5.41, 5.74) is 0. The van der Waals surface area contributed by atoms with Crippen LogP contribution in [-0.4, -0.2) is 49.8 Å². The molecule has 100 valence electrons. The van der Waals surface area contributed by atoms with Crippen molar-refractivity contribution in [2.45, 2.75) is 63.6 Å². The minimum atomic E-state index is 0.501. The molecule has 17 heavy (non-hydrogen) atoms. The van der Waals surface area contributed by atoms with E-state index in [4.69, 9.17) is 4.74 Å². The van der Waals surface area contributed by atoms with Crippen LogP contribution in [-0.2, 0) is 4.74 Å². The predicted molar refractivity (Wildman–Crippen MR) is 71.3 cm³/mol. The number of nitrogens with zero attached hydrogens (tertiary/aromatic N) is 1. The normalized spacial score (nSPS) is 26.5. The molecule has 1 N–H and O–H groups in total. The smallest absolute Gasteiger partial charge is 0.0595 e. The van der Waals surface area contributed by atoms with E-state index in [2.05, 4.69) is 17.1 Å². The monoisotopic (exact) mass is 240 g/mol. The van der Waals surface area contributed by atoms with E-state index in [1.807, 2.05) is 7.11 Å². The van der Waals surface area contributed by atoms with E-state index in [-0.39, 0.29) is 0 Å². The summed E-state index contributed by atoms with van der Waals surface area (Å²) in [6, 6.07) is 1.47. The fourth-order valence-corrected chi connectivity index (χ4v) is 3.15. The van der Waals surface area contributed by atoms with Crippen molar-refractivity contribution in [1.82, 2.24) is 10.2 Å². The molecule has 3 nitrogen and oxygen atoms in total. The third-order valence-electron chi connectivity index (χ3n) is 4.49. The van der Waals surface area contributed by atoms with Crippen molar-refractivity contribution in [1.29, 1.82) is 0 Å². The second-order valence-corrected chi connectivity index (χ2v) is 5.71. The highest BCUT2D eigenvalue weighted by molar-refractivity contribution is 4.80. The summed E-state index contributed by atoms with van der Waals surface area (Å²) in [4.78, 5) is 2.61. The summed E-state index contributed by atoms with van der Waals surface area (Å²) in [5, 5.41) is 3.73. The Morgan fingerprint density at radius 2 is 1.82 bits per heavy atom. The lowest BCUT2D eigenvalue weighted by Gasteiger charge is -2.36. The van der Waals surface area contributed by atoms with Gasteiger partial charge in [-0.05, 0) is 32.6 Å². The topological polar surface area (TPSA) is 24.5 Å². The zero-order chi connectivity index (χ0) is 12.1. The van der Waals surface area contributed by atoms with Crippen molar-refractivity contribution in [2.75, 3.05) is 26.7 Å². The molecule has 3 heteroatoms. The lowest BCUT2D eigenvalue weighted by molar-refractivity contribution is 0.0294. The average molecular weight is 240 g/mol. The van der Waals surface area contributed by atoms with Gasteiger partial charge in [0.25, 0.3) is 0 Å². The summed E-state index contributed by atoms with van der Waals surface area (Å²) in [7, 11) is 1.84. The average Bonchev–Trinajstić information content (AvgIpc) is 2.89. The summed E-state index contributed by atoms with van der Waals surface area (Å²) in [6.07, 6.45) is 8.52. The molecule has 2 rings (SSSR count). The molecular weight excluding hydrogens is 212 g/mol. The van der Waals surface area contributed by atoms with Crippen molar-refractivity contribution < 1.29 is 4.74 Å². The highest BCUT2D eigenvalue weighted by Crippen LogP contribution is 2.18. The van der Waals surface area contributed by atoms with E-state index in [1.54, 1.807) is 0 Å². The first-order valence-corrected chi connectivity index (χ1v) is 7.30. The first-order chi connectivity index (χ1) is 8.29. The number of rotatable bonds is 5. The molecule has 1 saturated carbocycles. The molecule has 1 saturated heterocycles. The number of ether oxygens (including phenoxy) is 1. The van der Waals surface area contributed by atoms with Crippen LogP contribution >= 0.6 is 0 Å². The Hall–Kier alpha value is -0.120. The molecule has 0 aromatic rings. The zero-order valence-corrected chi connectivity index (χ0v) is 11.5. The first kappa shape index (κ1) is 13.3. The van der Waals surface area contributed by atoms with Crippen LogP contribution in [0.25, 0.3) is 0 Å². The molecule has 1 atom stereocenters. The van der Waals surface area contributed by atoms with Gasteiger partial charge in [0.2, 0.25) is 0 Å². The van der Waals surface area contributed by atoms with Gasteiger partial charge >= 0.3 is 0 Å². The standard InChI is InChI=1S/C14H28N2O/c1-12(11-15-13-5-3-4-6-13)16-9-7-14(17-2)8-10-16/h12-15H,3-11H2,1-2H3. The minimum Gasteiger partial charge on any atom is -0.381 e. The fraction of sp³-hybridized carbons (Fsp3) is 1.00. The van der Waals surface area contributed by atoms with Crippen LogP contribution in [0.5, 0.6) is 0 Å². The summed E-state index contributed by atoms with van der Waals surface area (Å²) >= 11 is 0. The predicted octanol–water partition coefficient (Wildman–Crippen LogP) is 2.02. The Balaban J connectivity index is 1.64. The number of methoxy groups -OCH3 is 1. The van der Waals surface area contributed by atoms with Gasteiger partial charge in [-0.25, -0.2) is 0 Å². The second-order valence-electron chi connectivity index (χ2n) is 5.71. The van der Waals surface area contributed by atoms with Gasteiger partial charge in [-0.2, -0.15) is 0 Å². The Morgan fingerprint density at radius 3 is 2.41 bits per heavy atom. The van der Waals surface area contributed by atoms with Crippen LogP contribution in [0.1, 0.15) is 45.4 Å². The Labute approximate surface area is 106 Å². The Kier molecular flexibility index (Phi) is 5.26. The lowest BCUT2D eigenvalue weighted by atomic mass is 10.1. The molecule has 0 spiro atoms. The van der Waals surface area contributed by atoms with Gasteiger partial charge in [0.15, 0.2) is 0 Å². The van der Waals surface area contributed by atoms with Crippen LogP contribution in [0.15, 0.2) is 0 Å².